The Morgan fingerprint density at radius 2 is 0.721 bits per heavy atom. The molecule has 0 amide bonds. The van der Waals surface area contributed by atoms with Gasteiger partial charge >= 0.3 is 0 Å². The lowest BCUT2D eigenvalue weighted by Gasteiger charge is -2.17. The molecule has 0 spiro atoms. The van der Waals surface area contributed by atoms with E-state index in [4.69, 9.17) is 29.9 Å². The van der Waals surface area contributed by atoms with Crippen LogP contribution in [0.25, 0.3) is 177 Å². The molecule has 0 atom stereocenters. The van der Waals surface area contributed by atoms with Crippen molar-refractivity contribution in [3.8, 4) is 90.3 Å². The predicted molar refractivity (Wildman–Crippen MR) is 355 cm³/mol. The largest absolute Gasteiger partial charge is 0.264 e. The predicted octanol–water partition coefficient (Wildman–Crippen LogP) is 20.0. The zero-order chi connectivity index (χ0) is 56.7. The van der Waals surface area contributed by atoms with Gasteiger partial charge in [-0.3, -0.25) is 9.97 Å². The summed E-state index contributed by atoms with van der Waals surface area (Å²) in [5, 5.41) is 16.5. The van der Waals surface area contributed by atoms with E-state index in [9.17, 15) is 0 Å². The lowest BCUT2D eigenvalue weighted by molar-refractivity contribution is 1.08. The Bertz CT molecular complexity index is 5580. The van der Waals surface area contributed by atoms with E-state index in [2.05, 4.69) is 266 Å². The van der Waals surface area contributed by atoms with E-state index in [-0.39, 0.29) is 0 Å². The summed E-state index contributed by atoms with van der Waals surface area (Å²) in [7, 11) is 0. The fourth-order valence-corrected chi connectivity index (χ4v) is 12.9. The van der Waals surface area contributed by atoms with Gasteiger partial charge < -0.3 is 0 Å². The van der Waals surface area contributed by atoms with Gasteiger partial charge in [0.25, 0.3) is 0 Å². The standard InChI is InChI=1S/C79H47N7/c1-5-21-58-49(15-1)19-13-29-66(58)74-72-46-68(64-27-11-12-28-67(64)75(72)83-76(82-74)52-34-30-48(31-35-52)57-20-14-41-80-47-57)56-38-39-65-69(43-56)60-23-7-4-18-55(60)45-71(65)79-85-77(53-36-32-51(33-37-53)73-61-24-8-2-16-50(61)40-42-81-73)84-78(86-79)70-44-54-17-3-6-22-59(54)62-25-9-10-26-63(62)70/h1-47H. The Morgan fingerprint density at radius 1 is 0.209 bits per heavy atom. The molecule has 0 N–H and O–H groups in total. The average molecular weight is 1090 g/mol. The number of benzene rings is 13. The van der Waals surface area contributed by atoms with E-state index < -0.39 is 0 Å². The molecule has 0 fully saturated rings. The molecule has 0 unspecified atom stereocenters. The van der Waals surface area contributed by atoms with E-state index in [0.29, 0.717) is 23.3 Å². The zero-order valence-electron chi connectivity index (χ0n) is 46.3. The molecule has 0 radical (unpaired) electrons. The molecule has 7 nitrogen and oxygen atoms in total. The topological polar surface area (TPSA) is 90.2 Å². The summed E-state index contributed by atoms with van der Waals surface area (Å²) in [6.07, 6.45) is 5.57. The van der Waals surface area contributed by atoms with Crippen molar-refractivity contribution in [1.82, 2.24) is 34.9 Å². The normalized spacial score (nSPS) is 11.7. The van der Waals surface area contributed by atoms with Gasteiger partial charge in [0.1, 0.15) is 0 Å². The molecule has 0 saturated carbocycles. The van der Waals surface area contributed by atoms with Crippen molar-refractivity contribution >= 4 is 86.3 Å². The molecule has 4 aromatic heterocycles. The summed E-state index contributed by atoms with van der Waals surface area (Å²) >= 11 is 0. The molecule has 0 aliphatic rings. The molecule has 0 aliphatic heterocycles. The molecule has 7 heteroatoms. The molecular formula is C79H47N7. The van der Waals surface area contributed by atoms with Crippen LogP contribution in [0.5, 0.6) is 0 Å². The summed E-state index contributed by atoms with van der Waals surface area (Å²) in [6, 6.07) is 94.6. The SMILES string of the molecule is c1cncc(-c2ccc(-c3nc(-c4cccc5ccccc45)c4cc(-c5ccc6c(-c7nc(-c8ccc(-c9nccc%10ccccc9%10)cc8)nc(-c8cc9ccccc9c9ccccc89)n7)cc7ccccc7c6c5)c5ccccc5c4n3)cc2)c1. The highest BCUT2D eigenvalue weighted by molar-refractivity contribution is 6.20. The van der Waals surface area contributed by atoms with Crippen molar-refractivity contribution in [3.05, 3.63) is 286 Å². The van der Waals surface area contributed by atoms with Crippen LogP contribution in [0, 0.1) is 0 Å². The average Bonchev–Trinajstić information content (AvgIpc) is 1.07. The molecule has 398 valence electrons. The Kier molecular flexibility index (Phi) is 11.4. The zero-order valence-corrected chi connectivity index (χ0v) is 46.3. The van der Waals surface area contributed by atoms with Crippen LogP contribution in [0.15, 0.2) is 286 Å². The molecular weight excluding hydrogens is 1050 g/mol. The molecule has 17 aromatic rings. The Balaban J connectivity index is 0.870. The minimum atomic E-state index is 0.578. The maximum absolute atomic E-state index is 5.54. The molecule has 0 bridgehead atoms. The van der Waals surface area contributed by atoms with Crippen LogP contribution < -0.4 is 0 Å². The van der Waals surface area contributed by atoms with Gasteiger partial charge in [-0.15, -0.1) is 0 Å². The van der Waals surface area contributed by atoms with Crippen molar-refractivity contribution in [2.45, 2.75) is 0 Å². The van der Waals surface area contributed by atoms with E-state index in [1.165, 1.54) is 5.39 Å². The number of rotatable bonds is 8. The van der Waals surface area contributed by atoms with Gasteiger partial charge in [0.15, 0.2) is 23.3 Å². The first-order valence-corrected chi connectivity index (χ1v) is 28.9. The minimum absolute atomic E-state index is 0.578. The minimum Gasteiger partial charge on any atom is -0.264 e. The monoisotopic (exact) mass is 1090 g/mol. The van der Waals surface area contributed by atoms with Crippen molar-refractivity contribution in [3.63, 3.8) is 0 Å². The Hall–Kier alpha value is -11.7. The summed E-state index contributed by atoms with van der Waals surface area (Å²) < 4.78 is 0. The van der Waals surface area contributed by atoms with Crippen LogP contribution in [-0.4, -0.2) is 34.9 Å². The van der Waals surface area contributed by atoms with Crippen LogP contribution in [-0.2, 0) is 0 Å². The van der Waals surface area contributed by atoms with E-state index in [1.807, 2.05) is 18.5 Å². The second-order valence-corrected chi connectivity index (χ2v) is 22.0. The number of pyridine rings is 2. The highest BCUT2D eigenvalue weighted by atomic mass is 15.0. The third-order valence-electron chi connectivity index (χ3n) is 17.0. The molecule has 0 aliphatic carbocycles. The maximum Gasteiger partial charge on any atom is 0.164 e. The highest BCUT2D eigenvalue weighted by Crippen LogP contribution is 2.44. The van der Waals surface area contributed by atoms with Gasteiger partial charge in [0, 0.05) is 68.1 Å². The van der Waals surface area contributed by atoms with E-state index >= 15 is 0 Å². The van der Waals surface area contributed by atoms with Crippen LogP contribution >= 0.6 is 0 Å². The lowest BCUT2D eigenvalue weighted by atomic mass is 9.90. The van der Waals surface area contributed by atoms with Crippen molar-refractivity contribution < 1.29 is 0 Å². The molecule has 0 saturated heterocycles. The third-order valence-corrected chi connectivity index (χ3v) is 17.0. The molecule has 86 heavy (non-hydrogen) atoms. The summed E-state index contributed by atoms with van der Waals surface area (Å²) in [4.78, 5) is 36.6. The van der Waals surface area contributed by atoms with Gasteiger partial charge in [-0.05, 0) is 123 Å². The van der Waals surface area contributed by atoms with Crippen molar-refractivity contribution in [2.75, 3.05) is 0 Å². The Morgan fingerprint density at radius 3 is 1.41 bits per heavy atom. The fraction of sp³-hybridized carbons (Fsp3) is 0. The highest BCUT2D eigenvalue weighted by Gasteiger charge is 2.22. The van der Waals surface area contributed by atoms with Crippen LogP contribution in [0.4, 0.5) is 0 Å². The van der Waals surface area contributed by atoms with Crippen LogP contribution in [0.2, 0.25) is 0 Å². The first-order chi connectivity index (χ1) is 42.6. The second-order valence-electron chi connectivity index (χ2n) is 22.0. The van der Waals surface area contributed by atoms with Gasteiger partial charge in [-0.2, -0.15) is 0 Å². The first-order valence-electron chi connectivity index (χ1n) is 28.9. The van der Waals surface area contributed by atoms with Gasteiger partial charge in [-0.25, -0.2) is 24.9 Å². The van der Waals surface area contributed by atoms with Gasteiger partial charge in [0.2, 0.25) is 0 Å². The fourth-order valence-electron chi connectivity index (χ4n) is 12.9. The number of nitrogens with zero attached hydrogens (tertiary/aromatic N) is 7. The molecule has 17 rings (SSSR count). The number of hydrogen-bond acceptors (Lipinski definition) is 7. The van der Waals surface area contributed by atoms with Crippen LogP contribution in [0.3, 0.4) is 0 Å². The summed E-state index contributed by atoms with van der Waals surface area (Å²) in [5.74, 6) is 2.42. The molecule has 13 aromatic carbocycles. The number of fused-ring (bicyclic) bond motifs is 11. The van der Waals surface area contributed by atoms with Gasteiger partial charge in [-0.1, -0.05) is 231 Å². The number of hydrogen-bond donors (Lipinski definition) is 0. The summed E-state index contributed by atoms with van der Waals surface area (Å²) in [6.45, 7) is 0. The smallest absolute Gasteiger partial charge is 0.164 e. The first kappa shape index (κ1) is 49.0. The van der Waals surface area contributed by atoms with E-state index in [1.54, 1.807) is 6.20 Å². The third kappa shape index (κ3) is 8.24. The number of aromatic nitrogens is 7. The quantitative estimate of drug-likeness (QED) is 0.140. The van der Waals surface area contributed by atoms with Crippen LogP contribution in [0.1, 0.15) is 0 Å². The van der Waals surface area contributed by atoms with E-state index in [0.717, 1.165) is 148 Å². The second kappa shape index (κ2) is 20.0. The van der Waals surface area contributed by atoms with Crippen molar-refractivity contribution in [2.24, 2.45) is 0 Å². The summed E-state index contributed by atoms with van der Waals surface area (Å²) in [5.41, 5.74) is 12.7. The van der Waals surface area contributed by atoms with Gasteiger partial charge in [0.05, 0.1) is 16.9 Å². The maximum atomic E-state index is 5.54. The Labute approximate surface area is 494 Å². The van der Waals surface area contributed by atoms with Crippen molar-refractivity contribution in [1.29, 1.82) is 0 Å². The molecule has 4 heterocycles. The lowest BCUT2D eigenvalue weighted by Crippen LogP contribution is -2.01.